The highest BCUT2D eigenvalue weighted by molar-refractivity contribution is 6.12. The fourth-order valence-corrected chi connectivity index (χ4v) is 3.19. The van der Waals surface area contributed by atoms with Crippen molar-refractivity contribution >= 4 is 11.8 Å². The molecule has 26 heavy (non-hydrogen) atoms. The van der Waals surface area contributed by atoms with Crippen LogP contribution in [0.15, 0.2) is 49.4 Å². The van der Waals surface area contributed by atoms with Crippen LogP contribution in [-0.2, 0) is 9.59 Å². The van der Waals surface area contributed by atoms with Gasteiger partial charge in [-0.1, -0.05) is 39.5 Å². The summed E-state index contributed by atoms with van der Waals surface area (Å²) in [5, 5.41) is 3.29. The number of carbonyl (C=O) groups is 2. The predicted molar refractivity (Wildman–Crippen MR) is 107 cm³/mol. The fourth-order valence-electron chi connectivity index (χ4n) is 3.19. The molecule has 2 amide bonds. The minimum Gasteiger partial charge on any atom is -0.384 e. The molecule has 0 aromatic carbocycles. The molecule has 1 aliphatic rings. The number of imide groups is 1. The molecule has 0 saturated carbocycles. The van der Waals surface area contributed by atoms with E-state index in [0.717, 1.165) is 37.1 Å². The molecule has 1 N–H and O–H groups in total. The summed E-state index contributed by atoms with van der Waals surface area (Å²) < 4.78 is 0. The molecule has 0 bridgehead atoms. The Balaban J connectivity index is 2.38. The van der Waals surface area contributed by atoms with E-state index in [4.69, 9.17) is 0 Å². The van der Waals surface area contributed by atoms with E-state index in [-0.39, 0.29) is 17.9 Å². The number of hydrogen-bond donors (Lipinski definition) is 1. The standard InChI is InChI=1S/C21H33N3O2/c1-7-14-22-18(5)21(16(2)3)23(6)17(4)11-9-8-10-15-24-19(25)12-13-20(24)26/h7,12-13,16,21-22H,1,4-5,8-11,14-15H2,2-3,6H3. The molecular weight excluding hydrogens is 326 g/mol. The smallest absolute Gasteiger partial charge is 0.253 e. The van der Waals surface area contributed by atoms with Crippen LogP contribution in [0, 0.1) is 5.92 Å². The highest BCUT2D eigenvalue weighted by Crippen LogP contribution is 2.22. The van der Waals surface area contributed by atoms with Gasteiger partial charge in [-0.05, 0) is 25.2 Å². The fraction of sp³-hybridized carbons (Fsp3) is 0.524. The second kappa shape index (κ2) is 10.6. The minimum atomic E-state index is -0.204. The molecule has 1 aliphatic heterocycles. The minimum absolute atomic E-state index is 0.174. The van der Waals surface area contributed by atoms with Crippen LogP contribution in [0.3, 0.4) is 0 Å². The molecule has 5 nitrogen and oxygen atoms in total. The van der Waals surface area contributed by atoms with Gasteiger partial charge in [-0.3, -0.25) is 14.5 Å². The largest absolute Gasteiger partial charge is 0.384 e. The number of likely N-dealkylation sites (N-methyl/N-ethyl adjacent to an activating group) is 1. The Kier molecular flexibility index (Phi) is 8.90. The number of unbranched alkanes of at least 4 members (excludes halogenated alkanes) is 2. The lowest BCUT2D eigenvalue weighted by molar-refractivity contribution is -0.136. The third-order valence-corrected chi connectivity index (χ3v) is 4.63. The zero-order valence-electron chi connectivity index (χ0n) is 16.5. The SMILES string of the molecule is C=CCNC(=C)C(C(C)C)N(C)C(=C)CCCCCN1C(=O)C=CC1=O. The monoisotopic (exact) mass is 359 g/mol. The normalized spacial score (nSPS) is 14.7. The van der Waals surface area contributed by atoms with Crippen molar-refractivity contribution in [2.24, 2.45) is 5.92 Å². The first-order chi connectivity index (χ1) is 12.3. The highest BCUT2D eigenvalue weighted by Gasteiger charge is 2.23. The first kappa shape index (κ1) is 21.7. The summed E-state index contributed by atoms with van der Waals surface area (Å²) in [5.41, 5.74) is 2.04. The summed E-state index contributed by atoms with van der Waals surface area (Å²) in [6.07, 6.45) is 8.11. The number of allylic oxidation sites excluding steroid dienone is 1. The van der Waals surface area contributed by atoms with E-state index in [1.165, 1.54) is 17.1 Å². The van der Waals surface area contributed by atoms with E-state index in [2.05, 4.69) is 50.8 Å². The van der Waals surface area contributed by atoms with Gasteiger partial charge in [-0.2, -0.15) is 0 Å². The average Bonchev–Trinajstić information content (AvgIpc) is 2.90. The summed E-state index contributed by atoms with van der Waals surface area (Å²) >= 11 is 0. The first-order valence-electron chi connectivity index (χ1n) is 9.27. The molecule has 144 valence electrons. The molecule has 1 heterocycles. The van der Waals surface area contributed by atoms with Gasteiger partial charge in [0.25, 0.3) is 11.8 Å². The maximum atomic E-state index is 11.5. The molecule has 0 spiro atoms. The molecule has 0 aliphatic carbocycles. The number of nitrogens with zero attached hydrogens (tertiary/aromatic N) is 2. The second-order valence-electron chi connectivity index (χ2n) is 7.03. The van der Waals surface area contributed by atoms with E-state index < -0.39 is 0 Å². The molecule has 0 radical (unpaired) electrons. The van der Waals surface area contributed by atoms with Crippen LogP contribution in [0.5, 0.6) is 0 Å². The van der Waals surface area contributed by atoms with Crippen molar-refractivity contribution in [3.8, 4) is 0 Å². The van der Waals surface area contributed by atoms with Gasteiger partial charge in [0.1, 0.15) is 0 Å². The number of rotatable bonds is 13. The predicted octanol–water partition coefficient (Wildman–Crippen LogP) is 3.23. The molecule has 0 fully saturated rings. The summed E-state index contributed by atoms with van der Waals surface area (Å²) in [4.78, 5) is 26.5. The molecule has 1 rings (SSSR count). The van der Waals surface area contributed by atoms with Gasteiger partial charge in [0.2, 0.25) is 0 Å². The highest BCUT2D eigenvalue weighted by atomic mass is 16.2. The van der Waals surface area contributed by atoms with Crippen molar-refractivity contribution in [3.63, 3.8) is 0 Å². The molecule has 5 heteroatoms. The first-order valence-corrected chi connectivity index (χ1v) is 9.27. The summed E-state index contributed by atoms with van der Waals surface area (Å²) in [5.74, 6) is -0.00448. The summed E-state index contributed by atoms with van der Waals surface area (Å²) in [6.45, 7) is 17.7. The van der Waals surface area contributed by atoms with Crippen LogP contribution in [0.25, 0.3) is 0 Å². The van der Waals surface area contributed by atoms with E-state index in [1.54, 1.807) is 0 Å². The average molecular weight is 360 g/mol. The number of amides is 2. The third-order valence-electron chi connectivity index (χ3n) is 4.63. The third kappa shape index (κ3) is 6.21. The van der Waals surface area contributed by atoms with Gasteiger partial charge in [0, 0.05) is 43.7 Å². The molecule has 0 aromatic heterocycles. The van der Waals surface area contributed by atoms with Gasteiger partial charge in [-0.15, -0.1) is 6.58 Å². The lowest BCUT2D eigenvalue weighted by atomic mass is 9.98. The van der Waals surface area contributed by atoms with Crippen LogP contribution in [-0.4, -0.2) is 47.8 Å². The van der Waals surface area contributed by atoms with Gasteiger partial charge in [0.05, 0.1) is 6.04 Å². The van der Waals surface area contributed by atoms with E-state index in [0.29, 0.717) is 19.0 Å². The zero-order chi connectivity index (χ0) is 19.7. The molecule has 1 atom stereocenters. The number of carbonyl (C=O) groups excluding carboxylic acids is 2. The van der Waals surface area contributed by atoms with Crippen LogP contribution in [0.1, 0.15) is 39.5 Å². The van der Waals surface area contributed by atoms with Gasteiger partial charge >= 0.3 is 0 Å². The van der Waals surface area contributed by atoms with Crippen LogP contribution in [0.2, 0.25) is 0 Å². The van der Waals surface area contributed by atoms with Crippen molar-refractivity contribution in [2.45, 2.75) is 45.6 Å². The quantitative estimate of drug-likeness (QED) is 0.312. The van der Waals surface area contributed by atoms with Crippen molar-refractivity contribution in [1.82, 2.24) is 15.1 Å². The molecular formula is C21H33N3O2. The van der Waals surface area contributed by atoms with Crippen molar-refractivity contribution in [2.75, 3.05) is 20.1 Å². The zero-order valence-corrected chi connectivity index (χ0v) is 16.5. The van der Waals surface area contributed by atoms with Crippen molar-refractivity contribution < 1.29 is 9.59 Å². The van der Waals surface area contributed by atoms with Gasteiger partial charge in [-0.25, -0.2) is 0 Å². The number of hydrogen-bond acceptors (Lipinski definition) is 4. The second-order valence-corrected chi connectivity index (χ2v) is 7.03. The van der Waals surface area contributed by atoms with Crippen molar-refractivity contribution in [3.05, 3.63) is 49.4 Å². The topological polar surface area (TPSA) is 52.6 Å². The van der Waals surface area contributed by atoms with E-state index in [1.807, 2.05) is 6.08 Å². The Morgan fingerprint density at radius 1 is 1.19 bits per heavy atom. The molecule has 1 unspecified atom stereocenters. The van der Waals surface area contributed by atoms with Crippen molar-refractivity contribution in [1.29, 1.82) is 0 Å². The van der Waals surface area contributed by atoms with E-state index >= 15 is 0 Å². The Labute approximate surface area is 158 Å². The maximum Gasteiger partial charge on any atom is 0.253 e. The van der Waals surface area contributed by atoms with Crippen LogP contribution < -0.4 is 5.32 Å². The van der Waals surface area contributed by atoms with Crippen LogP contribution in [0.4, 0.5) is 0 Å². The number of nitrogens with one attached hydrogen (secondary N) is 1. The lowest BCUT2D eigenvalue weighted by Gasteiger charge is -2.36. The lowest BCUT2D eigenvalue weighted by Crippen LogP contribution is -2.40. The van der Waals surface area contributed by atoms with Crippen LogP contribution >= 0.6 is 0 Å². The van der Waals surface area contributed by atoms with E-state index in [9.17, 15) is 9.59 Å². The Morgan fingerprint density at radius 2 is 1.81 bits per heavy atom. The molecule has 0 aromatic rings. The van der Waals surface area contributed by atoms with Gasteiger partial charge in [0.15, 0.2) is 0 Å². The molecule has 0 saturated heterocycles. The Hall–Kier alpha value is -2.30. The summed E-state index contributed by atoms with van der Waals surface area (Å²) in [6, 6.07) is 0.174. The Bertz CT molecular complexity index is 560. The van der Waals surface area contributed by atoms with Gasteiger partial charge < -0.3 is 10.2 Å². The Morgan fingerprint density at radius 3 is 2.35 bits per heavy atom. The summed E-state index contributed by atoms with van der Waals surface area (Å²) in [7, 11) is 2.06. The maximum absolute atomic E-state index is 11.5.